The lowest BCUT2D eigenvalue weighted by atomic mass is 10.2. The van der Waals surface area contributed by atoms with Crippen molar-refractivity contribution in [3.05, 3.63) is 66.9 Å². The first kappa shape index (κ1) is 19.1. The Morgan fingerprint density at radius 2 is 1.93 bits per heavy atom. The molecule has 1 aliphatic heterocycles. The molecule has 0 bridgehead atoms. The van der Waals surface area contributed by atoms with E-state index in [2.05, 4.69) is 21.8 Å². The first-order valence-corrected chi connectivity index (χ1v) is 10.1. The van der Waals surface area contributed by atoms with Crippen LogP contribution >= 0.6 is 0 Å². The first-order chi connectivity index (χ1) is 13.0. The number of hydrogen-bond donors (Lipinski definition) is 1. The van der Waals surface area contributed by atoms with Gasteiger partial charge in [-0.15, -0.1) is 6.58 Å². The lowest BCUT2D eigenvalue weighted by Crippen LogP contribution is -2.48. The van der Waals surface area contributed by atoms with E-state index in [1.165, 1.54) is 16.4 Å². The van der Waals surface area contributed by atoms with Crippen molar-refractivity contribution < 1.29 is 13.2 Å². The number of aromatic nitrogens is 1. The zero-order chi connectivity index (χ0) is 19.3. The average Bonchev–Trinajstić information content (AvgIpc) is 2.73. The van der Waals surface area contributed by atoms with Crippen molar-refractivity contribution >= 4 is 21.7 Å². The van der Waals surface area contributed by atoms with Crippen LogP contribution in [-0.4, -0.2) is 56.3 Å². The first-order valence-electron chi connectivity index (χ1n) is 8.67. The lowest BCUT2D eigenvalue weighted by Gasteiger charge is -2.34. The molecule has 1 fully saturated rings. The Balaban J connectivity index is 1.72. The molecule has 1 aliphatic rings. The van der Waals surface area contributed by atoms with Gasteiger partial charge < -0.3 is 10.2 Å². The van der Waals surface area contributed by atoms with E-state index < -0.39 is 10.0 Å². The van der Waals surface area contributed by atoms with Gasteiger partial charge in [0.05, 0.1) is 4.90 Å². The van der Waals surface area contributed by atoms with E-state index in [1.807, 2.05) is 18.2 Å². The normalized spacial score (nSPS) is 15.3. The van der Waals surface area contributed by atoms with Gasteiger partial charge in [0.25, 0.3) is 5.91 Å². The number of carbonyl (C=O) groups is 1. The van der Waals surface area contributed by atoms with E-state index in [-0.39, 0.29) is 10.8 Å². The van der Waals surface area contributed by atoms with Crippen molar-refractivity contribution in [1.29, 1.82) is 0 Å². The summed E-state index contributed by atoms with van der Waals surface area (Å²) < 4.78 is 27.4. The molecule has 1 saturated heterocycles. The summed E-state index contributed by atoms with van der Waals surface area (Å²) in [4.78, 5) is 18.6. The van der Waals surface area contributed by atoms with Crippen molar-refractivity contribution in [2.45, 2.75) is 4.90 Å². The zero-order valence-electron chi connectivity index (χ0n) is 14.9. The maximum absolute atomic E-state index is 13.0. The summed E-state index contributed by atoms with van der Waals surface area (Å²) >= 11 is 0. The van der Waals surface area contributed by atoms with Crippen LogP contribution in [0.4, 0.5) is 5.82 Å². The maximum Gasteiger partial charge on any atom is 0.251 e. The molecule has 0 unspecified atom stereocenters. The number of pyridine rings is 1. The number of amides is 1. The maximum atomic E-state index is 13.0. The van der Waals surface area contributed by atoms with Crippen LogP contribution < -0.4 is 10.2 Å². The van der Waals surface area contributed by atoms with Gasteiger partial charge in [-0.1, -0.05) is 18.2 Å². The van der Waals surface area contributed by atoms with Gasteiger partial charge in [-0.25, -0.2) is 13.4 Å². The van der Waals surface area contributed by atoms with Crippen molar-refractivity contribution in [3.63, 3.8) is 0 Å². The molecule has 27 heavy (non-hydrogen) atoms. The molecule has 0 aliphatic carbocycles. The highest BCUT2D eigenvalue weighted by Crippen LogP contribution is 2.20. The van der Waals surface area contributed by atoms with Crippen LogP contribution in [0.3, 0.4) is 0 Å². The molecule has 0 saturated carbocycles. The van der Waals surface area contributed by atoms with Crippen molar-refractivity contribution in [3.8, 4) is 0 Å². The Morgan fingerprint density at radius 1 is 1.15 bits per heavy atom. The van der Waals surface area contributed by atoms with Crippen LogP contribution in [0, 0.1) is 0 Å². The van der Waals surface area contributed by atoms with Crippen molar-refractivity contribution in [1.82, 2.24) is 14.6 Å². The number of anilines is 1. The Morgan fingerprint density at radius 3 is 2.59 bits per heavy atom. The number of benzene rings is 1. The minimum atomic E-state index is -3.66. The van der Waals surface area contributed by atoms with Crippen LogP contribution in [0.1, 0.15) is 10.4 Å². The highest BCUT2D eigenvalue weighted by Gasteiger charge is 2.29. The summed E-state index contributed by atoms with van der Waals surface area (Å²) in [5, 5.41) is 2.65. The molecule has 3 rings (SSSR count). The Hall–Kier alpha value is -2.71. The fraction of sp³-hybridized carbons (Fsp3) is 0.263. The fourth-order valence-electron chi connectivity index (χ4n) is 2.91. The summed E-state index contributed by atoms with van der Waals surface area (Å²) in [7, 11) is -3.66. The molecular formula is C19H22N4O3S. The van der Waals surface area contributed by atoms with Gasteiger partial charge in [0.1, 0.15) is 5.82 Å². The topological polar surface area (TPSA) is 82.6 Å². The second-order valence-electron chi connectivity index (χ2n) is 6.11. The molecule has 1 aromatic carbocycles. The van der Waals surface area contributed by atoms with Crippen molar-refractivity contribution in [2.24, 2.45) is 0 Å². The minimum absolute atomic E-state index is 0.125. The Bertz CT molecular complexity index is 908. The molecule has 0 radical (unpaired) electrons. The zero-order valence-corrected chi connectivity index (χ0v) is 15.7. The number of carbonyl (C=O) groups excluding carboxylic acids is 1. The molecule has 7 nitrogen and oxygen atoms in total. The third kappa shape index (κ3) is 4.35. The molecule has 2 heterocycles. The van der Waals surface area contributed by atoms with E-state index >= 15 is 0 Å². The smallest absolute Gasteiger partial charge is 0.251 e. The molecule has 8 heteroatoms. The van der Waals surface area contributed by atoms with Gasteiger partial charge in [-0.2, -0.15) is 4.31 Å². The number of rotatable bonds is 6. The second kappa shape index (κ2) is 8.32. The van der Waals surface area contributed by atoms with Gasteiger partial charge in [0.2, 0.25) is 10.0 Å². The fourth-order valence-corrected chi connectivity index (χ4v) is 4.38. The van der Waals surface area contributed by atoms with Crippen LogP contribution in [0.2, 0.25) is 0 Å². The SMILES string of the molecule is C=CCNC(=O)c1cccc(S(=O)(=O)N2CCN(c3ccccn3)CC2)c1. The lowest BCUT2D eigenvalue weighted by molar-refractivity contribution is 0.0958. The highest BCUT2D eigenvalue weighted by atomic mass is 32.2. The van der Waals surface area contributed by atoms with Crippen molar-refractivity contribution in [2.75, 3.05) is 37.6 Å². The molecule has 0 spiro atoms. The average molecular weight is 386 g/mol. The Kier molecular flexibility index (Phi) is 5.88. The number of sulfonamides is 1. The summed E-state index contributed by atoms with van der Waals surface area (Å²) in [5.41, 5.74) is 0.310. The molecule has 2 aromatic rings. The number of piperazine rings is 1. The quantitative estimate of drug-likeness (QED) is 0.761. The molecule has 1 amide bonds. The molecule has 0 atom stereocenters. The molecule has 1 aromatic heterocycles. The third-order valence-corrected chi connectivity index (χ3v) is 6.25. The highest BCUT2D eigenvalue weighted by molar-refractivity contribution is 7.89. The predicted molar refractivity (Wildman–Crippen MR) is 104 cm³/mol. The largest absolute Gasteiger partial charge is 0.354 e. The van der Waals surface area contributed by atoms with Gasteiger partial charge in [0, 0.05) is 44.5 Å². The van der Waals surface area contributed by atoms with E-state index in [0.29, 0.717) is 38.3 Å². The third-order valence-electron chi connectivity index (χ3n) is 4.35. The molecule has 142 valence electrons. The number of hydrogen-bond acceptors (Lipinski definition) is 5. The summed E-state index contributed by atoms with van der Waals surface area (Å²) in [5.74, 6) is 0.516. The predicted octanol–water partition coefficient (Wildman–Crippen LogP) is 1.51. The number of nitrogens with one attached hydrogen (secondary N) is 1. The van der Waals surface area contributed by atoms with Gasteiger partial charge in [-0.3, -0.25) is 4.79 Å². The standard InChI is InChI=1S/C19H22N4O3S/c1-2-9-21-19(24)16-6-5-7-17(15-16)27(25,26)23-13-11-22(12-14-23)18-8-3-4-10-20-18/h2-8,10,15H,1,9,11-14H2,(H,21,24). The summed E-state index contributed by atoms with van der Waals surface area (Å²) in [6.45, 7) is 5.74. The minimum Gasteiger partial charge on any atom is -0.354 e. The van der Waals surface area contributed by atoms with Gasteiger partial charge in [-0.05, 0) is 30.3 Å². The molecular weight excluding hydrogens is 364 g/mol. The van der Waals surface area contributed by atoms with Crippen LogP contribution in [-0.2, 0) is 10.0 Å². The number of nitrogens with zero attached hydrogens (tertiary/aromatic N) is 3. The van der Waals surface area contributed by atoms with Crippen LogP contribution in [0.5, 0.6) is 0 Å². The monoisotopic (exact) mass is 386 g/mol. The van der Waals surface area contributed by atoms with E-state index in [9.17, 15) is 13.2 Å². The second-order valence-corrected chi connectivity index (χ2v) is 8.04. The summed E-state index contributed by atoms with van der Waals surface area (Å²) in [6.07, 6.45) is 3.29. The Labute approximate surface area is 159 Å². The molecule has 1 N–H and O–H groups in total. The van der Waals surface area contributed by atoms with Crippen LogP contribution in [0.25, 0.3) is 0 Å². The summed E-state index contributed by atoms with van der Waals surface area (Å²) in [6, 6.07) is 11.8. The van der Waals surface area contributed by atoms with E-state index in [0.717, 1.165) is 5.82 Å². The van der Waals surface area contributed by atoms with Crippen LogP contribution in [0.15, 0.2) is 66.2 Å². The van der Waals surface area contributed by atoms with E-state index in [1.54, 1.807) is 24.4 Å². The van der Waals surface area contributed by atoms with Gasteiger partial charge in [0.15, 0.2) is 0 Å². The van der Waals surface area contributed by atoms with Gasteiger partial charge >= 0.3 is 0 Å². The van der Waals surface area contributed by atoms with E-state index in [4.69, 9.17) is 0 Å².